The lowest BCUT2D eigenvalue weighted by atomic mass is 10.1. The minimum atomic E-state index is -0.390. The number of nitrogens with two attached hydrogens (primary N) is 1. The maximum atomic E-state index is 5.96. The molecule has 0 aliphatic carbocycles. The van der Waals surface area contributed by atoms with E-state index in [1.165, 1.54) is 0 Å². The van der Waals surface area contributed by atoms with Crippen LogP contribution in [0.5, 0.6) is 5.75 Å². The van der Waals surface area contributed by atoms with Crippen molar-refractivity contribution in [3.8, 4) is 18.1 Å². The van der Waals surface area contributed by atoms with Gasteiger partial charge in [0.1, 0.15) is 5.75 Å². The van der Waals surface area contributed by atoms with Gasteiger partial charge in [-0.1, -0.05) is 18.1 Å². The summed E-state index contributed by atoms with van der Waals surface area (Å²) in [6, 6.07) is 7.29. The van der Waals surface area contributed by atoms with Gasteiger partial charge in [-0.15, -0.1) is 11.5 Å². The second-order valence-electron chi connectivity index (χ2n) is 5.09. The quantitative estimate of drug-likeness (QED) is 0.707. The van der Waals surface area contributed by atoms with Crippen molar-refractivity contribution in [2.75, 3.05) is 39.3 Å². The molecule has 2 rings (SSSR count). The first-order valence-corrected chi connectivity index (χ1v) is 7.45. The fourth-order valence-electron chi connectivity index (χ4n) is 2.22. The van der Waals surface area contributed by atoms with E-state index in [1.807, 2.05) is 29.3 Å². The number of benzene rings is 1. The summed E-state index contributed by atoms with van der Waals surface area (Å²) >= 11 is 0. The Morgan fingerprint density at radius 3 is 2.81 bits per heavy atom. The first kappa shape index (κ1) is 15.8. The molecule has 0 radical (unpaired) electrons. The van der Waals surface area contributed by atoms with Crippen LogP contribution in [0.25, 0.3) is 0 Å². The number of hydrogen-bond donors (Lipinski definition) is 3. The molecule has 0 amide bonds. The zero-order chi connectivity index (χ0) is 14.9. The Labute approximate surface area is 126 Å². The highest BCUT2D eigenvalue weighted by Gasteiger charge is 2.10. The van der Waals surface area contributed by atoms with E-state index in [1.54, 1.807) is 0 Å². The van der Waals surface area contributed by atoms with Crippen LogP contribution in [0.15, 0.2) is 24.3 Å². The van der Waals surface area contributed by atoms with E-state index >= 15 is 0 Å². The van der Waals surface area contributed by atoms with Crippen molar-refractivity contribution in [1.29, 1.82) is 0 Å². The van der Waals surface area contributed by atoms with E-state index in [2.05, 4.69) is 16.6 Å². The molecule has 1 aliphatic heterocycles. The second kappa shape index (κ2) is 8.65. The maximum absolute atomic E-state index is 5.96. The molecular formula is C16H24N4O. The van der Waals surface area contributed by atoms with Crippen molar-refractivity contribution in [1.82, 2.24) is 15.7 Å². The zero-order valence-electron chi connectivity index (χ0n) is 12.3. The number of nitrogens with zero attached hydrogens (tertiary/aromatic N) is 1. The standard InChI is InChI=1S/C16H24N4O/c1-2-16(17)14-5-3-6-15(13-14)21-20-11-4-7-18-8-9-19-10-12-20/h1,3,5-6,13,16,18-19H,4,7-12,17H2. The summed E-state index contributed by atoms with van der Waals surface area (Å²) in [5.74, 6) is 3.32. The fraction of sp³-hybridized carbons (Fsp3) is 0.500. The van der Waals surface area contributed by atoms with E-state index in [-0.39, 0.29) is 0 Å². The van der Waals surface area contributed by atoms with Gasteiger partial charge in [0.05, 0.1) is 6.04 Å². The Hall–Kier alpha value is -1.58. The molecule has 5 nitrogen and oxygen atoms in total. The van der Waals surface area contributed by atoms with Crippen molar-refractivity contribution in [3.63, 3.8) is 0 Å². The van der Waals surface area contributed by atoms with Crippen LogP contribution in [-0.4, -0.2) is 44.3 Å². The first-order valence-electron chi connectivity index (χ1n) is 7.45. The van der Waals surface area contributed by atoms with Crippen molar-refractivity contribution < 1.29 is 4.84 Å². The fourth-order valence-corrected chi connectivity index (χ4v) is 2.22. The van der Waals surface area contributed by atoms with E-state index in [4.69, 9.17) is 17.0 Å². The largest absolute Gasteiger partial charge is 0.406 e. The molecule has 1 aromatic rings. The first-order chi connectivity index (χ1) is 10.3. The molecule has 0 saturated carbocycles. The SMILES string of the molecule is C#CC(N)c1cccc(ON2CCCNCCNCC2)c1. The average Bonchev–Trinajstić information content (AvgIpc) is 2.53. The van der Waals surface area contributed by atoms with Crippen LogP contribution in [0.4, 0.5) is 0 Å². The summed E-state index contributed by atoms with van der Waals surface area (Å²) < 4.78 is 0. The summed E-state index contributed by atoms with van der Waals surface area (Å²) in [4.78, 5) is 5.96. The van der Waals surface area contributed by atoms with Crippen LogP contribution >= 0.6 is 0 Å². The molecule has 0 aromatic heterocycles. The Morgan fingerprint density at radius 2 is 2.00 bits per heavy atom. The third-order valence-electron chi connectivity index (χ3n) is 3.41. The summed E-state index contributed by atoms with van der Waals surface area (Å²) in [6.45, 7) is 5.66. The van der Waals surface area contributed by atoms with Crippen molar-refractivity contribution in [2.24, 2.45) is 5.73 Å². The molecule has 1 saturated heterocycles. The molecule has 1 aromatic carbocycles. The molecule has 21 heavy (non-hydrogen) atoms. The monoisotopic (exact) mass is 288 g/mol. The second-order valence-corrected chi connectivity index (χ2v) is 5.09. The van der Waals surface area contributed by atoms with Gasteiger partial charge in [-0.2, -0.15) is 0 Å². The van der Waals surface area contributed by atoms with Crippen LogP contribution in [0.2, 0.25) is 0 Å². The Kier molecular flexibility index (Phi) is 6.51. The number of nitrogens with one attached hydrogen (secondary N) is 2. The third-order valence-corrected chi connectivity index (χ3v) is 3.41. The van der Waals surface area contributed by atoms with Gasteiger partial charge in [0, 0.05) is 32.7 Å². The normalized spacial score (nSPS) is 19.4. The smallest absolute Gasteiger partial charge is 0.147 e. The van der Waals surface area contributed by atoms with Crippen molar-refractivity contribution >= 4 is 0 Å². The molecule has 1 unspecified atom stereocenters. The van der Waals surface area contributed by atoms with Crippen LogP contribution < -0.4 is 21.2 Å². The van der Waals surface area contributed by atoms with Crippen LogP contribution in [-0.2, 0) is 0 Å². The van der Waals surface area contributed by atoms with Crippen LogP contribution in [0.1, 0.15) is 18.0 Å². The average molecular weight is 288 g/mol. The maximum Gasteiger partial charge on any atom is 0.147 e. The van der Waals surface area contributed by atoms with Gasteiger partial charge in [-0.25, -0.2) is 0 Å². The predicted molar refractivity (Wildman–Crippen MR) is 84.8 cm³/mol. The Balaban J connectivity index is 1.96. The number of hydroxylamine groups is 2. The topological polar surface area (TPSA) is 62.6 Å². The van der Waals surface area contributed by atoms with Crippen molar-refractivity contribution in [3.05, 3.63) is 29.8 Å². The molecule has 0 bridgehead atoms. The Bertz CT molecular complexity index is 462. The minimum Gasteiger partial charge on any atom is -0.406 e. The predicted octanol–water partition coefficient (Wildman–Crippen LogP) is 0.498. The highest BCUT2D eigenvalue weighted by atomic mass is 16.7. The van der Waals surface area contributed by atoms with Gasteiger partial charge < -0.3 is 21.2 Å². The molecule has 1 heterocycles. The number of hydrogen-bond acceptors (Lipinski definition) is 5. The highest BCUT2D eigenvalue weighted by Crippen LogP contribution is 2.18. The van der Waals surface area contributed by atoms with E-state index in [9.17, 15) is 0 Å². The lowest BCUT2D eigenvalue weighted by Gasteiger charge is -2.24. The van der Waals surface area contributed by atoms with Crippen LogP contribution in [0.3, 0.4) is 0 Å². The molecular weight excluding hydrogens is 264 g/mol. The third kappa shape index (κ3) is 5.37. The van der Waals surface area contributed by atoms with Gasteiger partial charge in [0.25, 0.3) is 0 Å². The van der Waals surface area contributed by atoms with Crippen molar-refractivity contribution in [2.45, 2.75) is 12.5 Å². The minimum absolute atomic E-state index is 0.390. The molecule has 0 spiro atoms. The number of rotatable bonds is 3. The van der Waals surface area contributed by atoms with E-state index in [0.717, 1.165) is 57.0 Å². The molecule has 1 aliphatic rings. The molecule has 114 valence electrons. The molecule has 1 fully saturated rings. The highest BCUT2D eigenvalue weighted by molar-refractivity contribution is 5.33. The molecule has 5 heteroatoms. The summed E-state index contributed by atoms with van der Waals surface area (Å²) in [7, 11) is 0. The summed E-state index contributed by atoms with van der Waals surface area (Å²) in [5.41, 5.74) is 6.76. The van der Waals surface area contributed by atoms with Gasteiger partial charge in [-0.05, 0) is 30.7 Å². The number of terminal acetylenes is 1. The Morgan fingerprint density at radius 1 is 1.19 bits per heavy atom. The van der Waals surface area contributed by atoms with Gasteiger partial charge in [0.15, 0.2) is 0 Å². The summed E-state index contributed by atoms with van der Waals surface area (Å²) in [6.07, 6.45) is 6.43. The lowest BCUT2D eigenvalue weighted by Crippen LogP contribution is -2.40. The van der Waals surface area contributed by atoms with Crippen LogP contribution in [0, 0.1) is 12.3 Å². The van der Waals surface area contributed by atoms with E-state index in [0.29, 0.717) is 0 Å². The summed E-state index contributed by atoms with van der Waals surface area (Å²) in [5, 5.41) is 8.75. The molecule has 4 N–H and O–H groups in total. The van der Waals surface area contributed by atoms with Gasteiger partial charge in [0.2, 0.25) is 0 Å². The molecule has 1 atom stereocenters. The van der Waals surface area contributed by atoms with E-state index < -0.39 is 6.04 Å². The van der Waals surface area contributed by atoms with Gasteiger partial charge >= 0.3 is 0 Å². The van der Waals surface area contributed by atoms with Gasteiger partial charge in [-0.3, -0.25) is 0 Å². The lowest BCUT2D eigenvalue weighted by molar-refractivity contribution is -0.0582. The zero-order valence-corrected chi connectivity index (χ0v) is 12.3.